The molecule has 1 aromatic rings. The molecule has 5 nitrogen and oxygen atoms in total. The molecule has 0 heterocycles. The average molecular weight is 293 g/mol. The highest BCUT2D eigenvalue weighted by atomic mass is 35.5. The van der Waals surface area contributed by atoms with E-state index in [4.69, 9.17) is 27.9 Å². The first-order valence-electron chi connectivity index (χ1n) is 5.43. The number of hydrogen-bond donors (Lipinski definition) is 1. The summed E-state index contributed by atoms with van der Waals surface area (Å²) in [6.45, 7) is 4.79. The molecule has 0 bridgehead atoms. The Balaban J connectivity index is 2.93. The van der Waals surface area contributed by atoms with Gasteiger partial charge in [0.25, 0.3) is 5.69 Å². The van der Waals surface area contributed by atoms with Gasteiger partial charge in [0.05, 0.1) is 21.6 Å². The summed E-state index contributed by atoms with van der Waals surface area (Å²) in [5.41, 5.74) is 0.231. The van der Waals surface area contributed by atoms with Crippen LogP contribution in [0.5, 0.6) is 0 Å². The highest BCUT2D eigenvalue weighted by molar-refractivity contribution is 6.42. The van der Waals surface area contributed by atoms with Crippen LogP contribution in [0.1, 0.15) is 13.8 Å². The predicted octanol–water partition coefficient (Wildman–Crippen LogP) is 3.74. The largest absolute Gasteiger partial charge is 0.380 e. The number of benzene rings is 1. The van der Waals surface area contributed by atoms with Crippen LogP contribution in [0.25, 0.3) is 0 Å². The maximum absolute atomic E-state index is 10.9. The third-order valence-corrected chi connectivity index (χ3v) is 2.93. The molecule has 0 aromatic heterocycles. The van der Waals surface area contributed by atoms with Crippen molar-refractivity contribution in [3.8, 4) is 0 Å². The highest BCUT2D eigenvalue weighted by Gasteiger charge is 2.18. The van der Waals surface area contributed by atoms with Crippen LogP contribution in [0, 0.1) is 10.1 Å². The van der Waals surface area contributed by atoms with Crippen molar-refractivity contribution in [3.63, 3.8) is 0 Å². The minimum atomic E-state index is -0.502. The minimum Gasteiger partial charge on any atom is -0.380 e. The smallest absolute Gasteiger partial charge is 0.293 e. The van der Waals surface area contributed by atoms with Gasteiger partial charge in [-0.25, -0.2) is 0 Å². The molecule has 0 saturated heterocycles. The number of ether oxygens (including phenoxy) is 1. The van der Waals surface area contributed by atoms with E-state index in [2.05, 4.69) is 5.32 Å². The molecular formula is C11H14Cl2N2O3. The van der Waals surface area contributed by atoms with Crippen LogP contribution in [-0.2, 0) is 4.74 Å². The lowest BCUT2D eigenvalue weighted by Crippen LogP contribution is -2.22. The van der Waals surface area contributed by atoms with E-state index in [1.165, 1.54) is 12.1 Å². The minimum absolute atomic E-state index is 0.0686. The summed E-state index contributed by atoms with van der Waals surface area (Å²) < 4.78 is 5.23. The Kier molecular flexibility index (Phi) is 5.65. The van der Waals surface area contributed by atoms with Gasteiger partial charge in [0.15, 0.2) is 0 Å². The quantitative estimate of drug-likeness (QED) is 0.641. The molecule has 0 aliphatic rings. The van der Waals surface area contributed by atoms with Crippen LogP contribution in [0.15, 0.2) is 12.1 Å². The molecule has 0 aliphatic carbocycles. The first-order valence-corrected chi connectivity index (χ1v) is 6.19. The fourth-order valence-corrected chi connectivity index (χ4v) is 1.73. The zero-order chi connectivity index (χ0) is 13.7. The van der Waals surface area contributed by atoms with E-state index >= 15 is 0 Å². The summed E-state index contributed by atoms with van der Waals surface area (Å²) in [6, 6.07) is 2.62. The standard InChI is InChI=1S/C11H14Cl2N2O3/c1-3-18-6-7(2)14-10-4-8(12)9(13)5-11(10)15(16)17/h4-5,7,14H,3,6H2,1-2H3. The van der Waals surface area contributed by atoms with Crippen LogP contribution in [0.2, 0.25) is 10.0 Å². The summed E-state index contributed by atoms with van der Waals surface area (Å²) in [5, 5.41) is 14.3. The van der Waals surface area contributed by atoms with E-state index in [1.807, 2.05) is 13.8 Å². The maximum Gasteiger partial charge on any atom is 0.293 e. The van der Waals surface area contributed by atoms with Crippen LogP contribution < -0.4 is 5.32 Å². The molecular weight excluding hydrogens is 279 g/mol. The molecule has 0 spiro atoms. The van der Waals surface area contributed by atoms with Gasteiger partial charge in [0.2, 0.25) is 0 Å². The molecule has 1 N–H and O–H groups in total. The number of anilines is 1. The fourth-order valence-electron chi connectivity index (χ4n) is 1.40. The number of hydrogen-bond acceptors (Lipinski definition) is 4. The fraction of sp³-hybridized carbons (Fsp3) is 0.455. The highest BCUT2D eigenvalue weighted by Crippen LogP contribution is 2.34. The van der Waals surface area contributed by atoms with Gasteiger partial charge in [-0.1, -0.05) is 23.2 Å². The number of rotatable bonds is 6. The number of nitro groups is 1. The summed E-state index contributed by atoms with van der Waals surface area (Å²) in [5.74, 6) is 0. The van der Waals surface area contributed by atoms with Crippen LogP contribution in [0.3, 0.4) is 0 Å². The molecule has 18 heavy (non-hydrogen) atoms. The van der Waals surface area contributed by atoms with Gasteiger partial charge in [-0.3, -0.25) is 10.1 Å². The Bertz CT molecular complexity index is 441. The normalized spacial score (nSPS) is 12.2. The Morgan fingerprint density at radius 3 is 2.61 bits per heavy atom. The van der Waals surface area contributed by atoms with Gasteiger partial charge in [-0.05, 0) is 19.9 Å². The van der Waals surface area contributed by atoms with E-state index < -0.39 is 4.92 Å². The Morgan fingerprint density at radius 2 is 2.06 bits per heavy atom. The molecule has 1 unspecified atom stereocenters. The van der Waals surface area contributed by atoms with Crippen molar-refractivity contribution < 1.29 is 9.66 Å². The first kappa shape index (κ1) is 15.0. The SMILES string of the molecule is CCOCC(C)Nc1cc(Cl)c(Cl)cc1[N+](=O)[O-]. The van der Waals surface area contributed by atoms with Crippen LogP contribution in [-0.4, -0.2) is 24.2 Å². The van der Waals surface area contributed by atoms with E-state index in [0.29, 0.717) is 18.9 Å². The molecule has 1 rings (SSSR count). The predicted molar refractivity (Wildman–Crippen MR) is 72.7 cm³/mol. The summed E-state index contributed by atoms with van der Waals surface area (Å²) in [7, 11) is 0. The number of nitrogens with one attached hydrogen (secondary N) is 1. The molecule has 0 radical (unpaired) electrons. The molecule has 0 aliphatic heterocycles. The van der Waals surface area contributed by atoms with E-state index in [1.54, 1.807) is 0 Å². The average Bonchev–Trinajstić information content (AvgIpc) is 2.30. The number of nitrogens with zero attached hydrogens (tertiary/aromatic N) is 1. The molecule has 100 valence electrons. The van der Waals surface area contributed by atoms with Gasteiger partial charge in [-0.2, -0.15) is 0 Å². The van der Waals surface area contributed by atoms with Crippen molar-refractivity contribution in [2.45, 2.75) is 19.9 Å². The zero-order valence-electron chi connectivity index (χ0n) is 10.1. The summed E-state index contributed by atoms with van der Waals surface area (Å²) in [6.07, 6.45) is 0. The van der Waals surface area contributed by atoms with Gasteiger partial charge < -0.3 is 10.1 Å². The van der Waals surface area contributed by atoms with Gasteiger partial charge in [0, 0.05) is 18.7 Å². The van der Waals surface area contributed by atoms with Crippen molar-refractivity contribution in [3.05, 3.63) is 32.3 Å². The maximum atomic E-state index is 10.9. The Morgan fingerprint density at radius 1 is 1.44 bits per heavy atom. The number of nitro benzene ring substituents is 1. The lowest BCUT2D eigenvalue weighted by molar-refractivity contribution is -0.384. The van der Waals surface area contributed by atoms with Crippen molar-refractivity contribution in [2.24, 2.45) is 0 Å². The second-order valence-corrected chi connectivity index (χ2v) is 4.56. The van der Waals surface area contributed by atoms with Gasteiger partial charge in [-0.15, -0.1) is 0 Å². The lowest BCUT2D eigenvalue weighted by Gasteiger charge is -2.15. The van der Waals surface area contributed by atoms with Crippen molar-refractivity contribution in [2.75, 3.05) is 18.5 Å². The van der Waals surface area contributed by atoms with Crippen LogP contribution in [0.4, 0.5) is 11.4 Å². The third-order valence-electron chi connectivity index (χ3n) is 2.21. The third kappa shape index (κ3) is 4.01. The molecule has 0 fully saturated rings. The van der Waals surface area contributed by atoms with E-state index in [0.717, 1.165) is 0 Å². The molecule has 0 saturated carbocycles. The topological polar surface area (TPSA) is 64.4 Å². The Hall–Kier alpha value is -1.04. The molecule has 1 atom stereocenters. The van der Waals surface area contributed by atoms with Crippen molar-refractivity contribution in [1.29, 1.82) is 0 Å². The lowest BCUT2D eigenvalue weighted by atomic mass is 10.2. The summed E-state index contributed by atoms with van der Waals surface area (Å²) >= 11 is 11.6. The molecule has 7 heteroatoms. The van der Waals surface area contributed by atoms with E-state index in [-0.39, 0.29) is 21.8 Å². The zero-order valence-corrected chi connectivity index (χ0v) is 11.6. The number of halogens is 2. The molecule has 1 aromatic carbocycles. The summed E-state index contributed by atoms with van der Waals surface area (Å²) in [4.78, 5) is 10.4. The van der Waals surface area contributed by atoms with Crippen LogP contribution >= 0.6 is 23.2 Å². The van der Waals surface area contributed by atoms with Gasteiger partial charge >= 0.3 is 0 Å². The van der Waals surface area contributed by atoms with Crippen molar-refractivity contribution >= 4 is 34.6 Å². The van der Waals surface area contributed by atoms with Crippen molar-refractivity contribution in [1.82, 2.24) is 0 Å². The second kappa shape index (κ2) is 6.78. The van der Waals surface area contributed by atoms with E-state index in [9.17, 15) is 10.1 Å². The second-order valence-electron chi connectivity index (χ2n) is 3.75. The first-order chi connectivity index (χ1) is 8.45. The molecule has 0 amide bonds. The Labute approximate surface area is 115 Å². The van der Waals surface area contributed by atoms with Gasteiger partial charge in [0.1, 0.15) is 5.69 Å². The monoisotopic (exact) mass is 292 g/mol.